The molecule has 1 unspecified atom stereocenters. The Morgan fingerprint density at radius 1 is 1.38 bits per heavy atom. The highest BCUT2D eigenvalue weighted by atomic mass is 16.4. The van der Waals surface area contributed by atoms with Crippen LogP contribution < -0.4 is 0 Å². The molecule has 4 nitrogen and oxygen atoms in total. The predicted molar refractivity (Wildman–Crippen MR) is 62.5 cm³/mol. The number of likely N-dealkylation sites (N-methyl/N-ethyl adjacent to an activating group) is 1. The average molecular weight is 226 g/mol. The van der Waals surface area contributed by atoms with Crippen molar-refractivity contribution in [2.75, 3.05) is 26.7 Å². The van der Waals surface area contributed by atoms with Gasteiger partial charge in [-0.3, -0.25) is 9.69 Å². The van der Waals surface area contributed by atoms with Gasteiger partial charge in [0, 0.05) is 25.2 Å². The van der Waals surface area contributed by atoms with Crippen LogP contribution in [0.3, 0.4) is 0 Å². The summed E-state index contributed by atoms with van der Waals surface area (Å²) in [6.07, 6.45) is 5.30. The molecule has 0 aromatic rings. The zero-order valence-electron chi connectivity index (χ0n) is 10.1. The highest BCUT2D eigenvalue weighted by Gasteiger charge is 2.35. The van der Waals surface area contributed by atoms with Crippen molar-refractivity contribution in [3.05, 3.63) is 0 Å². The molecule has 0 aromatic carbocycles. The van der Waals surface area contributed by atoms with Gasteiger partial charge < -0.3 is 10.0 Å². The normalized spacial score (nSPS) is 27.2. The lowest BCUT2D eigenvalue weighted by atomic mass is 10.0. The molecule has 92 valence electrons. The maximum Gasteiger partial charge on any atom is 0.304 e. The SMILES string of the molecule is CN1CCCC(N(CCC(=O)O)C2CC2)C1. The number of hydrogen-bond donors (Lipinski definition) is 1. The van der Waals surface area contributed by atoms with Gasteiger partial charge in [0.15, 0.2) is 0 Å². The van der Waals surface area contributed by atoms with Crippen LogP contribution in [-0.2, 0) is 4.79 Å². The van der Waals surface area contributed by atoms with Crippen LogP contribution in [0.15, 0.2) is 0 Å². The van der Waals surface area contributed by atoms with E-state index in [1.807, 2.05) is 0 Å². The second kappa shape index (κ2) is 5.15. The molecule has 16 heavy (non-hydrogen) atoms. The van der Waals surface area contributed by atoms with Crippen molar-refractivity contribution < 1.29 is 9.90 Å². The molecule has 0 amide bonds. The minimum absolute atomic E-state index is 0.288. The summed E-state index contributed by atoms with van der Waals surface area (Å²) in [5, 5.41) is 8.78. The molecule has 1 aliphatic carbocycles. The molecule has 2 aliphatic rings. The summed E-state index contributed by atoms with van der Waals surface area (Å²) in [4.78, 5) is 15.5. The van der Waals surface area contributed by atoms with Crippen molar-refractivity contribution >= 4 is 5.97 Å². The van der Waals surface area contributed by atoms with Crippen LogP contribution in [0.2, 0.25) is 0 Å². The van der Waals surface area contributed by atoms with E-state index < -0.39 is 5.97 Å². The largest absolute Gasteiger partial charge is 0.481 e. The van der Waals surface area contributed by atoms with Gasteiger partial charge in [-0.25, -0.2) is 0 Å². The summed E-state index contributed by atoms with van der Waals surface area (Å²) < 4.78 is 0. The molecule has 4 heteroatoms. The molecule has 1 heterocycles. The number of piperidine rings is 1. The van der Waals surface area contributed by atoms with Crippen LogP contribution in [0, 0.1) is 0 Å². The van der Waals surface area contributed by atoms with Gasteiger partial charge in [0.25, 0.3) is 0 Å². The molecule has 0 bridgehead atoms. The highest BCUT2D eigenvalue weighted by Crippen LogP contribution is 2.31. The molecule has 1 atom stereocenters. The van der Waals surface area contributed by atoms with E-state index >= 15 is 0 Å². The van der Waals surface area contributed by atoms with Gasteiger partial charge in [-0.05, 0) is 39.3 Å². The molecule has 1 saturated heterocycles. The summed E-state index contributed by atoms with van der Waals surface area (Å²) in [6, 6.07) is 1.27. The van der Waals surface area contributed by atoms with E-state index in [2.05, 4.69) is 16.8 Å². The van der Waals surface area contributed by atoms with Crippen LogP contribution >= 0.6 is 0 Å². The topological polar surface area (TPSA) is 43.8 Å². The first-order chi connectivity index (χ1) is 7.66. The Kier molecular flexibility index (Phi) is 3.82. The van der Waals surface area contributed by atoms with E-state index in [9.17, 15) is 4.79 Å². The standard InChI is InChI=1S/C12H22N2O2/c1-13-7-2-3-11(9-13)14(10-4-5-10)8-6-12(15)16/h10-11H,2-9H2,1H3,(H,15,16). The van der Waals surface area contributed by atoms with E-state index in [1.165, 1.54) is 32.2 Å². The Bertz CT molecular complexity index is 253. The molecular formula is C12H22N2O2. The van der Waals surface area contributed by atoms with Gasteiger partial charge in [-0.2, -0.15) is 0 Å². The van der Waals surface area contributed by atoms with Crippen LogP contribution in [0.5, 0.6) is 0 Å². The number of likely N-dealkylation sites (tertiary alicyclic amines) is 1. The minimum atomic E-state index is -0.671. The van der Waals surface area contributed by atoms with Crippen molar-refractivity contribution in [2.45, 2.75) is 44.2 Å². The Morgan fingerprint density at radius 2 is 2.12 bits per heavy atom. The lowest BCUT2D eigenvalue weighted by Crippen LogP contribution is -2.48. The summed E-state index contributed by atoms with van der Waals surface area (Å²) >= 11 is 0. The molecule has 1 aliphatic heterocycles. The lowest BCUT2D eigenvalue weighted by molar-refractivity contribution is -0.137. The molecule has 0 spiro atoms. The predicted octanol–water partition coefficient (Wildman–Crippen LogP) is 1.02. The number of aliphatic carboxylic acids is 1. The molecule has 2 rings (SSSR count). The number of carbonyl (C=O) groups is 1. The molecular weight excluding hydrogens is 204 g/mol. The smallest absolute Gasteiger partial charge is 0.304 e. The van der Waals surface area contributed by atoms with Crippen molar-refractivity contribution in [1.82, 2.24) is 9.80 Å². The first-order valence-corrected chi connectivity index (χ1v) is 6.33. The maximum atomic E-state index is 10.7. The van der Waals surface area contributed by atoms with Gasteiger partial charge in [-0.15, -0.1) is 0 Å². The summed E-state index contributed by atoms with van der Waals surface area (Å²) in [5.74, 6) is -0.671. The highest BCUT2D eigenvalue weighted by molar-refractivity contribution is 5.66. The summed E-state index contributed by atoms with van der Waals surface area (Å²) in [6.45, 7) is 3.03. The van der Waals surface area contributed by atoms with Crippen molar-refractivity contribution in [1.29, 1.82) is 0 Å². The van der Waals surface area contributed by atoms with Crippen LogP contribution in [0.4, 0.5) is 0 Å². The summed E-state index contributed by atoms with van der Waals surface area (Å²) in [5.41, 5.74) is 0. The number of nitrogens with zero attached hydrogens (tertiary/aromatic N) is 2. The number of carboxylic acid groups (broad SMARTS) is 1. The van der Waals surface area contributed by atoms with Crippen molar-refractivity contribution in [3.63, 3.8) is 0 Å². The molecule has 0 radical (unpaired) electrons. The third kappa shape index (κ3) is 3.19. The number of rotatable bonds is 5. The number of carboxylic acids is 1. The zero-order chi connectivity index (χ0) is 11.5. The fourth-order valence-electron chi connectivity index (χ4n) is 2.70. The fraction of sp³-hybridized carbons (Fsp3) is 0.917. The summed E-state index contributed by atoms with van der Waals surface area (Å²) in [7, 11) is 2.16. The fourth-order valence-corrected chi connectivity index (χ4v) is 2.70. The Labute approximate surface area is 97.2 Å². The van der Waals surface area contributed by atoms with Gasteiger partial charge in [-0.1, -0.05) is 0 Å². The van der Waals surface area contributed by atoms with E-state index in [0.29, 0.717) is 12.1 Å². The number of hydrogen-bond acceptors (Lipinski definition) is 3. The Hall–Kier alpha value is -0.610. The van der Waals surface area contributed by atoms with E-state index in [4.69, 9.17) is 5.11 Å². The second-order valence-electron chi connectivity index (χ2n) is 5.17. The molecule has 2 fully saturated rings. The van der Waals surface area contributed by atoms with E-state index in [0.717, 1.165) is 13.1 Å². The third-order valence-electron chi connectivity index (χ3n) is 3.67. The van der Waals surface area contributed by atoms with Crippen molar-refractivity contribution in [2.24, 2.45) is 0 Å². The quantitative estimate of drug-likeness (QED) is 0.760. The van der Waals surface area contributed by atoms with Crippen LogP contribution in [0.25, 0.3) is 0 Å². The Balaban J connectivity index is 1.87. The van der Waals surface area contributed by atoms with E-state index in [1.54, 1.807) is 0 Å². The first-order valence-electron chi connectivity index (χ1n) is 6.33. The Morgan fingerprint density at radius 3 is 2.69 bits per heavy atom. The minimum Gasteiger partial charge on any atom is -0.481 e. The van der Waals surface area contributed by atoms with Gasteiger partial charge in [0.2, 0.25) is 0 Å². The first kappa shape index (κ1) is 11.9. The third-order valence-corrected chi connectivity index (χ3v) is 3.67. The van der Waals surface area contributed by atoms with E-state index in [-0.39, 0.29) is 6.42 Å². The van der Waals surface area contributed by atoms with Gasteiger partial charge in [0.05, 0.1) is 6.42 Å². The maximum absolute atomic E-state index is 10.7. The molecule has 1 N–H and O–H groups in total. The molecule has 1 saturated carbocycles. The average Bonchev–Trinajstić information content (AvgIpc) is 3.02. The second-order valence-corrected chi connectivity index (χ2v) is 5.17. The lowest BCUT2D eigenvalue weighted by Gasteiger charge is -2.38. The van der Waals surface area contributed by atoms with Crippen LogP contribution in [0.1, 0.15) is 32.1 Å². The monoisotopic (exact) mass is 226 g/mol. The van der Waals surface area contributed by atoms with Gasteiger partial charge >= 0.3 is 5.97 Å². The van der Waals surface area contributed by atoms with Crippen molar-refractivity contribution in [3.8, 4) is 0 Å². The zero-order valence-corrected chi connectivity index (χ0v) is 10.1. The van der Waals surface area contributed by atoms with Crippen LogP contribution in [-0.4, -0.2) is 59.6 Å². The molecule has 0 aromatic heterocycles. The van der Waals surface area contributed by atoms with Gasteiger partial charge in [0.1, 0.15) is 0 Å².